The Morgan fingerprint density at radius 3 is 2.81 bits per heavy atom. The fraction of sp³-hybridized carbons (Fsp3) is 0.407. The molecule has 1 N–H and O–H groups in total. The van der Waals surface area contributed by atoms with Crippen LogP contribution in [0.5, 0.6) is 0 Å². The number of aryl methyl sites for hydroxylation is 1. The number of carbonyl (C=O) groups excluding carboxylic acids is 1. The van der Waals surface area contributed by atoms with Gasteiger partial charge in [-0.15, -0.1) is 28.0 Å². The number of aliphatic imine (C=N–C) groups is 1. The van der Waals surface area contributed by atoms with Crippen LogP contribution in [0.2, 0.25) is 5.02 Å². The van der Waals surface area contributed by atoms with Crippen molar-refractivity contribution in [3.63, 3.8) is 0 Å². The van der Waals surface area contributed by atoms with Crippen molar-refractivity contribution in [1.82, 2.24) is 25.0 Å². The number of halogens is 1. The number of nitrogens with zero attached hydrogens (tertiary/aromatic N) is 5. The number of amides is 2. The second-order valence-electron chi connectivity index (χ2n) is 9.72. The molecule has 36 heavy (non-hydrogen) atoms. The van der Waals surface area contributed by atoms with Crippen LogP contribution < -0.4 is 5.32 Å². The number of thiophene rings is 1. The lowest BCUT2D eigenvalue weighted by molar-refractivity contribution is 0.177. The smallest absolute Gasteiger partial charge is 0.318 e. The van der Waals surface area contributed by atoms with E-state index < -0.39 is 5.54 Å². The van der Waals surface area contributed by atoms with Crippen molar-refractivity contribution in [2.75, 3.05) is 6.54 Å². The summed E-state index contributed by atoms with van der Waals surface area (Å²) in [6, 6.07) is 7.74. The highest BCUT2D eigenvalue weighted by atomic mass is 35.5. The predicted molar refractivity (Wildman–Crippen MR) is 142 cm³/mol. The van der Waals surface area contributed by atoms with Crippen LogP contribution in [0, 0.1) is 19.3 Å². The summed E-state index contributed by atoms with van der Waals surface area (Å²) in [7, 11) is 0. The molecule has 2 aromatic heterocycles. The molecule has 0 bridgehead atoms. The van der Waals surface area contributed by atoms with Crippen LogP contribution in [0.1, 0.15) is 65.3 Å². The normalized spacial score (nSPS) is 18.2. The van der Waals surface area contributed by atoms with E-state index in [0.29, 0.717) is 24.7 Å². The fourth-order valence-corrected chi connectivity index (χ4v) is 7.24. The number of benzene rings is 1. The average Bonchev–Trinajstić information content (AvgIpc) is 3.40. The van der Waals surface area contributed by atoms with Crippen molar-refractivity contribution in [2.45, 2.75) is 64.1 Å². The third-order valence-corrected chi connectivity index (χ3v) is 9.03. The molecule has 0 unspecified atom stereocenters. The van der Waals surface area contributed by atoms with E-state index in [1.54, 1.807) is 11.3 Å². The van der Waals surface area contributed by atoms with Gasteiger partial charge in [0, 0.05) is 27.6 Å². The van der Waals surface area contributed by atoms with Crippen LogP contribution in [-0.2, 0) is 19.5 Å². The maximum Gasteiger partial charge on any atom is 0.318 e. The summed E-state index contributed by atoms with van der Waals surface area (Å²) >= 11 is 8.32. The van der Waals surface area contributed by atoms with Gasteiger partial charge in [-0.1, -0.05) is 55.0 Å². The highest BCUT2D eigenvalue weighted by Gasteiger charge is 2.36. The zero-order valence-corrected chi connectivity index (χ0v) is 21.8. The number of hydrogen-bond donors (Lipinski definition) is 1. The van der Waals surface area contributed by atoms with Crippen molar-refractivity contribution >= 4 is 34.7 Å². The van der Waals surface area contributed by atoms with E-state index in [0.717, 1.165) is 70.5 Å². The molecule has 1 fully saturated rings. The zero-order valence-electron chi connectivity index (χ0n) is 20.2. The summed E-state index contributed by atoms with van der Waals surface area (Å²) < 4.78 is 2.10. The number of hydrogen-bond acceptors (Lipinski definition) is 5. The number of fused-ring (bicyclic) bond motifs is 5. The van der Waals surface area contributed by atoms with Gasteiger partial charge in [-0.25, -0.2) is 4.79 Å². The number of aromatic nitrogens is 3. The summed E-state index contributed by atoms with van der Waals surface area (Å²) in [6.45, 7) is 3.54. The Kier molecular flexibility index (Phi) is 5.85. The second-order valence-corrected chi connectivity index (χ2v) is 11.2. The Morgan fingerprint density at radius 1 is 1.22 bits per heavy atom. The minimum Gasteiger partial charge on any atom is -0.322 e. The molecule has 4 heterocycles. The molecule has 1 saturated carbocycles. The summed E-state index contributed by atoms with van der Waals surface area (Å²) in [5.41, 5.74) is 3.57. The molecule has 3 aliphatic rings. The van der Waals surface area contributed by atoms with Crippen LogP contribution >= 0.6 is 22.9 Å². The number of rotatable bonds is 2. The third kappa shape index (κ3) is 3.82. The molecule has 184 valence electrons. The van der Waals surface area contributed by atoms with Gasteiger partial charge in [0.2, 0.25) is 0 Å². The minimum absolute atomic E-state index is 0.0785. The maximum absolute atomic E-state index is 13.3. The molecule has 3 aromatic rings. The van der Waals surface area contributed by atoms with E-state index in [1.165, 1.54) is 12.0 Å². The minimum atomic E-state index is -0.527. The van der Waals surface area contributed by atoms with Gasteiger partial charge in [0.25, 0.3) is 0 Å². The second kappa shape index (κ2) is 9.06. The van der Waals surface area contributed by atoms with Crippen LogP contribution in [0.15, 0.2) is 29.3 Å². The van der Waals surface area contributed by atoms with Crippen LogP contribution in [0.3, 0.4) is 0 Å². The van der Waals surface area contributed by atoms with E-state index in [9.17, 15) is 4.79 Å². The molecule has 2 amide bonds. The van der Waals surface area contributed by atoms with Gasteiger partial charge in [0.1, 0.15) is 22.9 Å². The van der Waals surface area contributed by atoms with Crippen LogP contribution in [0.4, 0.5) is 4.79 Å². The van der Waals surface area contributed by atoms with Gasteiger partial charge < -0.3 is 10.2 Å². The van der Waals surface area contributed by atoms with E-state index in [-0.39, 0.29) is 6.03 Å². The van der Waals surface area contributed by atoms with E-state index >= 15 is 0 Å². The average molecular weight is 519 g/mol. The quantitative estimate of drug-likeness (QED) is 0.483. The van der Waals surface area contributed by atoms with Crippen molar-refractivity contribution < 1.29 is 4.79 Å². The lowest BCUT2D eigenvalue weighted by Crippen LogP contribution is -2.54. The van der Waals surface area contributed by atoms with Crippen molar-refractivity contribution in [2.24, 2.45) is 4.99 Å². The highest BCUT2D eigenvalue weighted by Crippen LogP contribution is 2.40. The Morgan fingerprint density at radius 2 is 2.03 bits per heavy atom. The van der Waals surface area contributed by atoms with Gasteiger partial charge in [0.05, 0.1) is 12.3 Å². The first-order valence-electron chi connectivity index (χ1n) is 12.4. The van der Waals surface area contributed by atoms with Crippen LogP contribution in [0.25, 0.3) is 5.00 Å². The molecule has 1 aromatic carbocycles. The Labute approximate surface area is 219 Å². The van der Waals surface area contributed by atoms with Gasteiger partial charge in [-0.05, 0) is 37.8 Å². The predicted octanol–water partition coefficient (Wildman–Crippen LogP) is 5.05. The van der Waals surface area contributed by atoms with E-state index in [2.05, 4.69) is 26.0 Å². The lowest BCUT2D eigenvalue weighted by atomic mass is 9.82. The number of nitrogens with one attached hydrogen (secondary N) is 1. The lowest BCUT2D eigenvalue weighted by Gasteiger charge is -2.36. The number of carbonyl (C=O) groups is 1. The summed E-state index contributed by atoms with van der Waals surface area (Å²) in [6.07, 6.45) is 11.6. The first-order valence-corrected chi connectivity index (χ1v) is 13.6. The number of urea groups is 1. The molecular formula is C27H27ClN6OS. The SMILES string of the molecule is C#CC1(NC(=O)N2CCc3c(sc4c3C(c3ccccc3Cl)=NCc3nnc(C)n3-4)C2)CCCCC1. The van der Waals surface area contributed by atoms with Crippen molar-refractivity contribution in [1.29, 1.82) is 0 Å². The molecule has 1 aliphatic carbocycles. The summed E-state index contributed by atoms with van der Waals surface area (Å²) in [4.78, 5) is 21.4. The standard InChI is InChI=1S/C27H27ClN6OS/c1-3-27(12-7-4-8-13-27)30-26(35)33-14-11-19-21(16-33)36-25-23(19)24(18-9-5-6-10-20(18)28)29-15-22-32-31-17(2)34(22)25/h1,5-6,9-10H,4,7-8,11-16H2,2H3,(H,30,35). The molecule has 6 rings (SSSR count). The number of terminal acetylenes is 1. The molecule has 7 nitrogen and oxygen atoms in total. The first-order chi connectivity index (χ1) is 17.5. The third-order valence-electron chi connectivity index (χ3n) is 7.49. The molecule has 0 saturated heterocycles. The van der Waals surface area contributed by atoms with Gasteiger partial charge >= 0.3 is 6.03 Å². The van der Waals surface area contributed by atoms with Gasteiger partial charge in [-0.2, -0.15) is 0 Å². The summed E-state index contributed by atoms with van der Waals surface area (Å²) in [5.74, 6) is 4.52. The molecular weight excluding hydrogens is 492 g/mol. The Bertz CT molecular complexity index is 1420. The Balaban J connectivity index is 1.38. The van der Waals surface area contributed by atoms with Crippen LogP contribution in [-0.4, -0.2) is 43.5 Å². The highest BCUT2D eigenvalue weighted by molar-refractivity contribution is 7.15. The van der Waals surface area contributed by atoms with Gasteiger partial charge in [0.15, 0.2) is 5.82 Å². The first kappa shape index (κ1) is 23.3. The largest absolute Gasteiger partial charge is 0.322 e. The molecule has 2 aliphatic heterocycles. The monoisotopic (exact) mass is 518 g/mol. The topological polar surface area (TPSA) is 75.4 Å². The maximum atomic E-state index is 13.3. The Hall–Kier alpha value is -3.15. The fourth-order valence-electron chi connectivity index (χ4n) is 5.58. The summed E-state index contributed by atoms with van der Waals surface area (Å²) in [5, 5.41) is 13.6. The molecule has 0 atom stereocenters. The molecule has 0 radical (unpaired) electrons. The van der Waals surface area contributed by atoms with E-state index in [4.69, 9.17) is 23.0 Å². The van der Waals surface area contributed by atoms with Crippen molar-refractivity contribution in [3.8, 4) is 17.3 Å². The van der Waals surface area contributed by atoms with Crippen molar-refractivity contribution in [3.05, 3.63) is 62.5 Å². The van der Waals surface area contributed by atoms with E-state index in [1.807, 2.05) is 36.1 Å². The molecule has 9 heteroatoms. The van der Waals surface area contributed by atoms with Gasteiger partial charge in [-0.3, -0.25) is 9.56 Å². The zero-order chi connectivity index (χ0) is 24.9. The molecule has 0 spiro atoms.